The Morgan fingerprint density at radius 3 is 2.83 bits per heavy atom. The summed E-state index contributed by atoms with van der Waals surface area (Å²) >= 11 is 7.36. The summed E-state index contributed by atoms with van der Waals surface area (Å²) in [6.45, 7) is -2.97. The maximum absolute atomic E-state index is 12.2. The second kappa shape index (κ2) is 6.98. The maximum Gasteiger partial charge on any atom is 0.387 e. The predicted octanol–water partition coefficient (Wildman–Crippen LogP) is 4.65. The zero-order valence-corrected chi connectivity index (χ0v) is 13.5. The van der Waals surface area contributed by atoms with Crippen molar-refractivity contribution in [3.05, 3.63) is 52.5 Å². The van der Waals surface area contributed by atoms with Gasteiger partial charge in [-0.05, 0) is 35.7 Å². The molecule has 3 rings (SSSR count). The van der Waals surface area contributed by atoms with E-state index in [1.165, 1.54) is 29.5 Å². The third-order valence-electron chi connectivity index (χ3n) is 3.00. The number of nitrogens with one attached hydrogen (secondary N) is 2. The number of H-pyrrole nitrogens is 1. The van der Waals surface area contributed by atoms with Gasteiger partial charge in [0.2, 0.25) is 0 Å². The van der Waals surface area contributed by atoms with E-state index < -0.39 is 12.5 Å². The molecule has 124 valence electrons. The van der Waals surface area contributed by atoms with Crippen LogP contribution >= 0.6 is 22.9 Å². The van der Waals surface area contributed by atoms with Gasteiger partial charge in [0.05, 0.1) is 15.6 Å². The lowest BCUT2D eigenvalue weighted by molar-refractivity contribution is -0.0497. The van der Waals surface area contributed by atoms with Crippen LogP contribution in [0.25, 0.3) is 10.6 Å². The van der Waals surface area contributed by atoms with Crippen molar-refractivity contribution in [3.63, 3.8) is 0 Å². The van der Waals surface area contributed by atoms with Crippen LogP contribution in [0.4, 0.5) is 14.5 Å². The molecule has 0 bridgehead atoms. The second-order valence-electron chi connectivity index (χ2n) is 4.62. The lowest BCUT2D eigenvalue weighted by atomic mass is 10.2. The fraction of sp³-hybridized carbons (Fsp3) is 0.0667. The Morgan fingerprint density at radius 2 is 2.17 bits per heavy atom. The van der Waals surface area contributed by atoms with Gasteiger partial charge in [-0.2, -0.15) is 13.9 Å². The van der Waals surface area contributed by atoms with E-state index in [4.69, 9.17) is 11.6 Å². The molecular formula is C15H10ClF2N3O2S. The molecule has 1 aromatic carbocycles. The van der Waals surface area contributed by atoms with Crippen LogP contribution in [0.2, 0.25) is 5.02 Å². The van der Waals surface area contributed by atoms with Crippen molar-refractivity contribution in [2.24, 2.45) is 0 Å². The lowest BCUT2D eigenvalue weighted by Crippen LogP contribution is -2.12. The Morgan fingerprint density at radius 1 is 1.33 bits per heavy atom. The van der Waals surface area contributed by atoms with E-state index in [2.05, 4.69) is 20.3 Å². The highest BCUT2D eigenvalue weighted by Gasteiger charge is 2.14. The molecule has 5 nitrogen and oxygen atoms in total. The van der Waals surface area contributed by atoms with E-state index in [-0.39, 0.29) is 16.5 Å². The van der Waals surface area contributed by atoms with Crippen molar-refractivity contribution in [1.82, 2.24) is 10.2 Å². The molecule has 0 aliphatic carbocycles. The minimum Gasteiger partial charge on any atom is -0.433 e. The number of thiophene rings is 1. The molecule has 2 heterocycles. The standard InChI is InChI=1S/C15H10ClF2N3O2S/c16-9-6-8(3-4-12(9)23-15(17)18)19-14(22)11-7-10(20-21-11)13-2-1-5-24-13/h1-7,15H,(H,19,22)(H,20,21). The topological polar surface area (TPSA) is 67.0 Å². The fourth-order valence-corrected chi connectivity index (χ4v) is 2.88. The van der Waals surface area contributed by atoms with Gasteiger partial charge >= 0.3 is 6.61 Å². The molecule has 2 aromatic heterocycles. The number of nitrogens with zero attached hydrogens (tertiary/aromatic N) is 1. The zero-order valence-electron chi connectivity index (χ0n) is 11.9. The van der Waals surface area contributed by atoms with E-state index in [1.807, 2.05) is 17.5 Å². The SMILES string of the molecule is O=C(Nc1ccc(OC(F)F)c(Cl)c1)c1cc(-c2cccs2)[nH]n1. The van der Waals surface area contributed by atoms with Crippen LogP contribution in [0.1, 0.15) is 10.5 Å². The van der Waals surface area contributed by atoms with Crippen molar-refractivity contribution in [2.45, 2.75) is 6.61 Å². The largest absolute Gasteiger partial charge is 0.433 e. The molecule has 0 radical (unpaired) electrons. The number of hydrogen-bond donors (Lipinski definition) is 2. The molecular weight excluding hydrogens is 360 g/mol. The summed E-state index contributed by atoms with van der Waals surface area (Å²) in [5.74, 6) is -0.614. The molecule has 0 saturated heterocycles. The Labute approximate surface area is 144 Å². The highest BCUT2D eigenvalue weighted by molar-refractivity contribution is 7.13. The van der Waals surface area contributed by atoms with E-state index in [1.54, 1.807) is 6.07 Å². The molecule has 0 unspecified atom stereocenters. The van der Waals surface area contributed by atoms with Crippen LogP contribution in [0.5, 0.6) is 5.75 Å². The van der Waals surface area contributed by atoms with Gasteiger partial charge in [0.15, 0.2) is 5.69 Å². The third-order valence-corrected chi connectivity index (χ3v) is 4.20. The zero-order chi connectivity index (χ0) is 17.1. The van der Waals surface area contributed by atoms with E-state index in [9.17, 15) is 13.6 Å². The molecule has 24 heavy (non-hydrogen) atoms. The first kappa shape index (κ1) is 16.4. The highest BCUT2D eigenvalue weighted by atomic mass is 35.5. The molecule has 0 atom stereocenters. The molecule has 0 saturated carbocycles. The molecule has 9 heteroatoms. The van der Waals surface area contributed by atoms with Crippen LogP contribution in [0.15, 0.2) is 41.8 Å². The number of amides is 1. The molecule has 0 aliphatic heterocycles. The molecule has 0 aliphatic rings. The van der Waals surface area contributed by atoms with Crippen molar-refractivity contribution in [2.75, 3.05) is 5.32 Å². The first-order chi connectivity index (χ1) is 11.5. The average molecular weight is 370 g/mol. The number of carbonyl (C=O) groups is 1. The van der Waals surface area contributed by atoms with Gasteiger partial charge < -0.3 is 10.1 Å². The van der Waals surface area contributed by atoms with E-state index in [0.29, 0.717) is 5.69 Å². The first-order valence-corrected chi connectivity index (χ1v) is 7.93. The maximum atomic E-state index is 12.2. The van der Waals surface area contributed by atoms with Crippen molar-refractivity contribution in [3.8, 4) is 16.3 Å². The van der Waals surface area contributed by atoms with Gasteiger partial charge in [0, 0.05) is 5.69 Å². The highest BCUT2D eigenvalue weighted by Crippen LogP contribution is 2.29. The number of ether oxygens (including phenoxy) is 1. The Balaban J connectivity index is 1.72. The minimum absolute atomic E-state index is 0.0330. The monoisotopic (exact) mass is 369 g/mol. The van der Waals surface area contributed by atoms with Crippen molar-refractivity contribution >= 4 is 34.5 Å². The average Bonchev–Trinajstić information content (AvgIpc) is 3.19. The van der Waals surface area contributed by atoms with Gasteiger partial charge in [-0.25, -0.2) is 0 Å². The first-order valence-electron chi connectivity index (χ1n) is 6.68. The van der Waals surface area contributed by atoms with E-state index in [0.717, 1.165) is 10.6 Å². The summed E-state index contributed by atoms with van der Waals surface area (Å²) < 4.78 is 28.6. The number of anilines is 1. The van der Waals surface area contributed by atoms with E-state index >= 15 is 0 Å². The Hall–Kier alpha value is -2.45. The Kier molecular flexibility index (Phi) is 4.77. The van der Waals surface area contributed by atoms with Crippen LogP contribution in [0, 0.1) is 0 Å². The summed E-state index contributed by atoms with van der Waals surface area (Å²) in [6, 6.07) is 9.41. The fourth-order valence-electron chi connectivity index (χ4n) is 1.96. The number of hydrogen-bond acceptors (Lipinski definition) is 4. The number of aromatic nitrogens is 2. The number of alkyl halides is 2. The molecule has 0 spiro atoms. The summed E-state index contributed by atoms with van der Waals surface area (Å²) in [5.41, 5.74) is 1.27. The predicted molar refractivity (Wildman–Crippen MR) is 87.9 cm³/mol. The lowest BCUT2D eigenvalue weighted by Gasteiger charge is -2.08. The van der Waals surface area contributed by atoms with Gasteiger partial charge in [-0.15, -0.1) is 11.3 Å². The number of rotatable bonds is 5. The number of aromatic amines is 1. The normalized spacial score (nSPS) is 10.8. The van der Waals surface area contributed by atoms with Crippen LogP contribution < -0.4 is 10.1 Å². The second-order valence-corrected chi connectivity index (χ2v) is 5.98. The Bertz CT molecular complexity index is 852. The van der Waals surface area contributed by atoms with Gasteiger partial charge in [-0.3, -0.25) is 9.89 Å². The summed E-state index contributed by atoms with van der Waals surface area (Å²) in [7, 11) is 0. The summed E-state index contributed by atoms with van der Waals surface area (Å²) in [4.78, 5) is 13.1. The third kappa shape index (κ3) is 3.72. The van der Waals surface area contributed by atoms with Gasteiger partial charge in [0.1, 0.15) is 5.75 Å². The van der Waals surface area contributed by atoms with Crippen molar-refractivity contribution in [1.29, 1.82) is 0 Å². The number of carbonyl (C=O) groups excluding carboxylic acids is 1. The minimum atomic E-state index is -2.97. The molecule has 1 amide bonds. The number of halogens is 3. The van der Waals surface area contributed by atoms with Crippen LogP contribution in [0.3, 0.4) is 0 Å². The summed E-state index contributed by atoms with van der Waals surface area (Å²) in [5, 5.41) is 11.2. The molecule has 0 fully saturated rings. The van der Waals surface area contributed by atoms with Crippen LogP contribution in [-0.2, 0) is 0 Å². The van der Waals surface area contributed by atoms with Gasteiger partial charge in [-0.1, -0.05) is 17.7 Å². The van der Waals surface area contributed by atoms with Crippen LogP contribution in [-0.4, -0.2) is 22.7 Å². The smallest absolute Gasteiger partial charge is 0.387 e. The number of benzene rings is 1. The molecule has 2 N–H and O–H groups in total. The quantitative estimate of drug-likeness (QED) is 0.688. The van der Waals surface area contributed by atoms with Gasteiger partial charge in [0.25, 0.3) is 5.91 Å². The summed E-state index contributed by atoms with van der Waals surface area (Å²) in [6.07, 6.45) is 0. The van der Waals surface area contributed by atoms with Crippen molar-refractivity contribution < 1.29 is 18.3 Å². The molecule has 3 aromatic rings.